The van der Waals surface area contributed by atoms with Gasteiger partial charge in [0.25, 0.3) is 0 Å². The molecule has 0 aliphatic carbocycles. The third-order valence-electron chi connectivity index (χ3n) is 2.71. The van der Waals surface area contributed by atoms with E-state index in [9.17, 15) is 0 Å². The second-order valence-electron chi connectivity index (χ2n) is 4.54. The van der Waals surface area contributed by atoms with Crippen molar-refractivity contribution >= 4 is 23.4 Å². The predicted octanol–water partition coefficient (Wildman–Crippen LogP) is 6.53. The third kappa shape index (κ3) is 45.2. The summed E-state index contributed by atoms with van der Waals surface area (Å²) < 4.78 is 0. The van der Waals surface area contributed by atoms with Gasteiger partial charge in [-0.05, 0) is 0 Å². The summed E-state index contributed by atoms with van der Waals surface area (Å²) in [6.45, 7) is 12.0. The van der Waals surface area contributed by atoms with E-state index in [1.165, 1.54) is 64.2 Å². The van der Waals surface area contributed by atoms with E-state index >= 15 is 0 Å². The standard InChI is InChI=1S/2C8H17.H3P.H2S.Zn/c2*1-3-5-7-8-6-4-2;;;/h2*1,3-8H2,2H3;1H3;1H2;/q2*-1;;;+2. The Morgan fingerprint density at radius 1 is 0.579 bits per heavy atom. The summed E-state index contributed by atoms with van der Waals surface area (Å²) in [7, 11) is 0. The van der Waals surface area contributed by atoms with Gasteiger partial charge in [0.05, 0.1) is 0 Å². The van der Waals surface area contributed by atoms with E-state index in [2.05, 4.69) is 27.7 Å². The molecule has 0 aliphatic rings. The van der Waals surface area contributed by atoms with Crippen LogP contribution in [-0.4, -0.2) is 0 Å². The van der Waals surface area contributed by atoms with Crippen LogP contribution in [0.2, 0.25) is 0 Å². The Labute approximate surface area is 147 Å². The predicted molar refractivity (Wildman–Crippen MR) is 99.0 cm³/mol. The first-order valence-corrected chi connectivity index (χ1v) is 7.41. The molecule has 0 aromatic carbocycles. The van der Waals surface area contributed by atoms with E-state index in [-0.39, 0.29) is 42.9 Å². The van der Waals surface area contributed by atoms with Crippen LogP contribution in [0.15, 0.2) is 0 Å². The molecule has 0 aromatic rings. The fraction of sp³-hybridized carbons (Fsp3) is 0.875. The largest absolute Gasteiger partial charge is 2.00 e. The normalized spacial score (nSPS) is 8.21. The van der Waals surface area contributed by atoms with Crippen molar-refractivity contribution in [3.8, 4) is 0 Å². The zero-order valence-electron chi connectivity index (χ0n) is 13.8. The van der Waals surface area contributed by atoms with E-state index in [1.807, 2.05) is 0 Å². The average Bonchev–Trinajstić information content (AvgIpc) is 2.31. The van der Waals surface area contributed by atoms with Crippen LogP contribution in [0.1, 0.15) is 90.9 Å². The van der Waals surface area contributed by atoms with E-state index in [0.717, 1.165) is 12.8 Å². The van der Waals surface area contributed by atoms with Gasteiger partial charge in [0.1, 0.15) is 0 Å². The molecular formula is C16H39PSZn. The van der Waals surface area contributed by atoms with Crippen LogP contribution in [0.3, 0.4) is 0 Å². The molecular weight excluding hydrogens is 321 g/mol. The average molecular weight is 360 g/mol. The Kier molecular flexibility index (Phi) is 62.3. The molecule has 0 nitrogen and oxygen atoms in total. The molecule has 0 spiro atoms. The summed E-state index contributed by atoms with van der Waals surface area (Å²) >= 11 is 0. The Morgan fingerprint density at radius 2 is 0.842 bits per heavy atom. The van der Waals surface area contributed by atoms with Gasteiger partial charge in [0, 0.05) is 0 Å². The van der Waals surface area contributed by atoms with E-state index in [0.29, 0.717) is 0 Å². The van der Waals surface area contributed by atoms with Crippen molar-refractivity contribution in [3.05, 3.63) is 13.8 Å². The zero-order valence-corrected chi connectivity index (χ0v) is 19.2. The van der Waals surface area contributed by atoms with E-state index in [4.69, 9.17) is 0 Å². The summed E-state index contributed by atoms with van der Waals surface area (Å²) in [4.78, 5) is 0. The molecule has 0 aromatic heterocycles. The van der Waals surface area contributed by atoms with Crippen molar-refractivity contribution in [2.75, 3.05) is 0 Å². The molecule has 0 rings (SSSR count). The summed E-state index contributed by atoms with van der Waals surface area (Å²) in [5.74, 6) is 0. The minimum atomic E-state index is 0. The molecule has 1 atom stereocenters. The Balaban J connectivity index is -0.0000000594. The number of hydrogen-bond donors (Lipinski definition) is 0. The van der Waals surface area contributed by atoms with Crippen molar-refractivity contribution in [2.45, 2.75) is 90.9 Å². The molecule has 0 aliphatic heterocycles. The molecule has 0 fully saturated rings. The fourth-order valence-electron chi connectivity index (χ4n) is 1.56. The van der Waals surface area contributed by atoms with Crippen LogP contribution in [0.4, 0.5) is 0 Å². The van der Waals surface area contributed by atoms with Crippen molar-refractivity contribution in [3.63, 3.8) is 0 Å². The first kappa shape index (κ1) is 32.4. The van der Waals surface area contributed by atoms with Gasteiger partial charge in [-0.2, -0.15) is 36.2 Å². The first-order chi connectivity index (χ1) is 7.83. The first-order valence-electron chi connectivity index (χ1n) is 7.41. The molecule has 0 heterocycles. The number of unbranched alkanes of at least 4 members (excludes halogenated alkanes) is 10. The van der Waals surface area contributed by atoms with E-state index < -0.39 is 0 Å². The smallest absolute Gasteiger partial charge is 0.343 e. The van der Waals surface area contributed by atoms with Gasteiger partial charge in [-0.15, -0.1) is 0 Å². The Bertz CT molecular complexity index is 78.7. The topological polar surface area (TPSA) is 0 Å². The van der Waals surface area contributed by atoms with Crippen LogP contribution < -0.4 is 0 Å². The maximum Gasteiger partial charge on any atom is 2.00 e. The van der Waals surface area contributed by atoms with Crippen molar-refractivity contribution < 1.29 is 19.5 Å². The fourth-order valence-corrected chi connectivity index (χ4v) is 1.56. The number of hydrogen-bond acceptors (Lipinski definition) is 0. The second-order valence-corrected chi connectivity index (χ2v) is 4.54. The molecule has 3 heteroatoms. The molecule has 0 bridgehead atoms. The summed E-state index contributed by atoms with van der Waals surface area (Å²) in [6, 6.07) is 0. The summed E-state index contributed by atoms with van der Waals surface area (Å²) in [6.07, 6.45) is 16.0. The third-order valence-corrected chi connectivity index (χ3v) is 2.71. The van der Waals surface area contributed by atoms with Crippen LogP contribution in [0.25, 0.3) is 0 Å². The summed E-state index contributed by atoms with van der Waals surface area (Å²) in [5.41, 5.74) is 0. The van der Waals surface area contributed by atoms with Crippen LogP contribution in [-0.2, 0) is 19.5 Å². The van der Waals surface area contributed by atoms with Gasteiger partial charge < -0.3 is 13.8 Å². The molecule has 1 unspecified atom stereocenters. The molecule has 0 saturated heterocycles. The van der Waals surface area contributed by atoms with Gasteiger partial charge in [0.2, 0.25) is 0 Å². The molecule has 19 heavy (non-hydrogen) atoms. The van der Waals surface area contributed by atoms with Crippen molar-refractivity contribution in [1.82, 2.24) is 0 Å². The Morgan fingerprint density at radius 3 is 1.05 bits per heavy atom. The molecule has 0 radical (unpaired) electrons. The maximum absolute atomic E-state index is 3.78. The van der Waals surface area contributed by atoms with Gasteiger partial charge in [-0.1, -0.05) is 78.1 Å². The number of rotatable bonds is 10. The molecule has 0 N–H and O–H groups in total. The Hall–Kier alpha value is 1.40. The van der Waals surface area contributed by atoms with E-state index in [1.54, 1.807) is 0 Å². The molecule has 116 valence electrons. The second kappa shape index (κ2) is 36.6. The zero-order chi connectivity index (χ0) is 12.5. The SMILES string of the molecule is P.S.[CH2-]CCCCCCC.[CH2-]CCCCCCC.[Zn+2]. The van der Waals surface area contributed by atoms with Gasteiger partial charge in [-0.25, -0.2) is 0 Å². The van der Waals surface area contributed by atoms with Gasteiger partial charge in [0.15, 0.2) is 0 Å². The minimum Gasteiger partial charge on any atom is -0.343 e. The minimum absolute atomic E-state index is 0. The quantitative estimate of drug-likeness (QED) is 0.180. The molecule has 0 amide bonds. The monoisotopic (exact) mass is 358 g/mol. The van der Waals surface area contributed by atoms with Gasteiger partial charge in [-0.3, -0.25) is 0 Å². The van der Waals surface area contributed by atoms with Crippen LogP contribution >= 0.6 is 23.4 Å². The molecule has 0 saturated carbocycles. The van der Waals surface area contributed by atoms with Gasteiger partial charge >= 0.3 is 19.5 Å². The summed E-state index contributed by atoms with van der Waals surface area (Å²) in [5, 5.41) is 0. The van der Waals surface area contributed by atoms with Crippen LogP contribution in [0.5, 0.6) is 0 Å². The maximum atomic E-state index is 3.78. The van der Waals surface area contributed by atoms with Crippen molar-refractivity contribution in [1.29, 1.82) is 0 Å². The van der Waals surface area contributed by atoms with Crippen LogP contribution in [0, 0.1) is 13.8 Å². The van der Waals surface area contributed by atoms with Crippen molar-refractivity contribution in [2.24, 2.45) is 0 Å².